The summed E-state index contributed by atoms with van der Waals surface area (Å²) in [4.78, 5) is 135. The molecule has 0 aromatic heterocycles. The van der Waals surface area contributed by atoms with E-state index >= 15 is 24.0 Å². The molecule has 0 radical (unpaired) electrons. The number of phenolic OH excluding ortho intramolecular Hbond substituents is 3. The molecule has 3 saturated heterocycles. The first-order valence-corrected chi connectivity index (χ1v) is 43.6. The Bertz CT molecular complexity index is 5460. The third-order valence-electron chi connectivity index (χ3n) is 24.5. The number of phenols is 3. The highest BCUT2D eigenvalue weighted by molar-refractivity contribution is 6.32. The lowest BCUT2D eigenvalue weighted by Crippen LogP contribution is -2.66. The first kappa shape index (κ1) is 97.8. The summed E-state index contributed by atoms with van der Waals surface area (Å²) in [5.41, 5.74) is 9.37. The monoisotopic (exact) mass is 1880 g/mol. The number of rotatable bonds is 23. The Morgan fingerprint density at radius 3 is 1.88 bits per heavy atom. The molecule has 0 saturated carbocycles. The van der Waals surface area contributed by atoms with E-state index in [0.717, 1.165) is 53.6 Å². The third kappa shape index (κ3) is 22.0. The summed E-state index contributed by atoms with van der Waals surface area (Å²) >= 11 is 20.8. The summed E-state index contributed by atoms with van der Waals surface area (Å²) in [5, 5.41) is 141. The zero-order chi connectivity index (χ0) is 94.8. The van der Waals surface area contributed by atoms with Gasteiger partial charge in [0.05, 0.1) is 59.5 Å². The van der Waals surface area contributed by atoms with Gasteiger partial charge in [-0.2, -0.15) is 0 Å². The normalized spacial score (nSPS) is 29.3. The summed E-state index contributed by atoms with van der Waals surface area (Å²) in [6, 6.07) is 20.0. The average molecular weight is 1880 g/mol. The van der Waals surface area contributed by atoms with Gasteiger partial charge in [-0.3, -0.25) is 33.6 Å². The predicted octanol–water partition coefficient (Wildman–Crippen LogP) is 7.38. The van der Waals surface area contributed by atoms with Gasteiger partial charge in [0.15, 0.2) is 53.9 Å². The van der Waals surface area contributed by atoms with Crippen LogP contribution in [0.5, 0.6) is 46.0 Å². The number of aliphatic hydroxyl groups excluding tert-OH is 6. The van der Waals surface area contributed by atoms with Crippen molar-refractivity contribution in [3.63, 3.8) is 0 Å². The Morgan fingerprint density at radius 2 is 1.27 bits per heavy atom. The van der Waals surface area contributed by atoms with E-state index in [2.05, 4.69) is 26.6 Å². The number of carbonyl (C=O) groups excluding carboxylic acids is 7. The molecule has 11 bridgehead atoms. The summed E-state index contributed by atoms with van der Waals surface area (Å²) in [7, 11) is 0. The summed E-state index contributed by atoms with van der Waals surface area (Å²) in [6.07, 6.45) is -27.2. The quantitative estimate of drug-likeness (QED) is 0.0297. The predicted molar refractivity (Wildman–Crippen MR) is 466 cm³/mol. The molecular formula is C92H104Cl3N7O29. The van der Waals surface area contributed by atoms with Crippen LogP contribution in [-0.4, -0.2) is 219 Å². The molecule has 36 nitrogen and oxygen atoms in total. The van der Waals surface area contributed by atoms with Crippen molar-refractivity contribution >= 4 is 87.8 Å². The molecule has 16 unspecified atom stereocenters. The van der Waals surface area contributed by atoms with Crippen LogP contribution in [0.1, 0.15) is 157 Å². The number of nitrogens with two attached hydrogens (primary N) is 2. The first-order chi connectivity index (χ1) is 62.0. The number of aliphatic carboxylic acids is 2. The molecule has 39 heteroatoms. The second kappa shape index (κ2) is 40.8. The lowest BCUT2D eigenvalue weighted by atomic mass is 9.84. The van der Waals surface area contributed by atoms with E-state index in [9.17, 15) is 75.3 Å². The number of halogens is 3. The molecule has 0 aliphatic carbocycles. The van der Waals surface area contributed by atoms with Gasteiger partial charge in [-0.25, -0.2) is 9.59 Å². The standard InChI is InChI=1S/C92H104Cl3N7O29/c1-8-43(23-39(2)3)84(115)101-74-60(107)27-50(30-68(96)109)85(116)99-72-49-28-64(126-62-21-16-47(76(74)110)25-56(62)94)80(131-90-81(78(112)77(111)67(37-103)128-90)130-70-35-92(7,83(114)41(5)125-70)98-36-66(88(119)120)123-38-42-9-11-44(12-10-42)45-13-18-51(93)19-14-45)65(29-49)127-63-22-17-48(26-57(63)95)79(129-69-34-91(6,97)82(113)40(4)124-69)75-87(118)100-73(89(121)122)55-31-52(104)32-59(106)71(55)54-24-46(15-20-58(54)105)53(33-61(72)108)86(117)102-75/h9-22,24-26,28-29,31-32,39-41,43,50,53,66-67,69-70,72-79,81-83,90,98,103-106,110-114H,8,23,27,30,33-38,97H2,1-7H3,(H2,96,109)(H,99,116)(H,100,118)(H,101,115)(H,102,117)(H,119,120)(H,121,122)/t40?,41?,43-,50+,53?,66?,67?,69?,70?,72-,73-,74?,75+,76-,77?,78?,79-,81?,82?,83?,90?,91?,92?/m1/s1. The zero-order valence-corrected chi connectivity index (χ0v) is 74.2. The van der Waals surface area contributed by atoms with Crippen molar-refractivity contribution < 1.29 is 142 Å². The number of carbonyl (C=O) groups is 9. The van der Waals surface area contributed by atoms with Crippen molar-refractivity contribution in [3.8, 4) is 68.2 Å². The first-order valence-electron chi connectivity index (χ1n) is 42.5. The Balaban J connectivity index is 0.987. The molecule has 20 N–H and O–H groups in total. The number of primary amides is 1. The van der Waals surface area contributed by atoms with Crippen LogP contribution in [0.15, 0.2) is 127 Å². The molecule has 8 aliphatic heterocycles. The maximum Gasteiger partial charge on any atom is 0.334 e. The van der Waals surface area contributed by atoms with Crippen LogP contribution in [0.2, 0.25) is 15.1 Å². The van der Waals surface area contributed by atoms with Crippen LogP contribution in [-0.2, 0) is 78.2 Å². The molecule has 7 aromatic carbocycles. The van der Waals surface area contributed by atoms with Crippen LogP contribution in [0, 0.1) is 17.8 Å². The van der Waals surface area contributed by atoms with Crippen LogP contribution in [0.3, 0.4) is 0 Å². The number of fused-ring (bicyclic) bond motifs is 15. The minimum absolute atomic E-state index is 0.0534. The maximum absolute atomic E-state index is 16.7. The van der Waals surface area contributed by atoms with Crippen LogP contribution in [0.4, 0.5) is 0 Å². The highest BCUT2D eigenvalue weighted by Gasteiger charge is 2.54. The van der Waals surface area contributed by atoms with Gasteiger partial charge in [-0.15, -0.1) is 0 Å². The zero-order valence-electron chi connectivity index (χ0n) is 72.0. The average Bonchev–Trinajstić information content (AvgIpc) is 0.763. The van der Waals surface area contributed by atoms with Gasteiger partial charge in [-0.1, -0.05) is 110 Å². The third-order valence-corrected chi connectivity index (χ3v) is 25.3. The Kier molecular flexibility index (Phi) is 30.4. The van der Waals surface area contributed by atoms with Crippen LogP contribution < -0.4 is 52.3 Å². The van der Waals surface area contributed by atoms with Crippen molar-refractivity contribution in [2.75, 3.05) is 13.2 Å². The molecule has 0 spiro atoms. The SMILES string of the molecule is CC[C@H](CC(C)C)C(=O)NC1C(=O)C[C@@H](CC(N)=O)C(=O)N[C@H]2C(=O)CC3C(=O)N[C@H](C(=O)N[C@@H](C(=O)O)c4cc(O)cc(O)c4-c4cc3ccc4O)[C@H](OC3CC(C)(N)C(O)C(C)O3)c3ccc(c(Cl)c3)Oc3cc2cc(c3OC2OC(CO)C(O)C(O)C2OC2CC(C)(NCC(OCc3ccc(-c4ccc(Cl)cc4)cc3)C(=O)O)C(O)C(C)O2)Oc2ccc(cc2Cl)[C@H]1O. The second-order valence-corrected chi connectivity index (χ2v) is 36.0. The number of aliphatic hydroxyl groups is 6. The molecule has 3 fully saturated rings. The van der Waals surface area contributed by atoms with E-state index in [0.29, 0.717) is 17.0 Å². The Labute approximate surface area is 766 Å². The number of Topliss-reactive ketones (excluding diaryl/α,β-unsaturated/α-hetero) is 2. The number of ether oxygens (including phenoxy) is 9. The van der Waals surface area contributed by atoms with Crippen molar-refractivity contribution in [2.24, 2.45) is 29.2 Å². The van der Waals surface area contributed by atoms with Crippen molar-refractivity contribution in [3.05, 3.63) is 176 Å². The van der Waals surface area contributed by atoms with Crippen LogP contribution >= 0.6 is 34.8 Å². The smallest absolute Gasteiger partial charge is 0.334 e. The Hall–Kier alpha value is -10.7. The number of ketones is 2. The molecule has 15 rings (SSSR count). The van der Waals surface area contributed by atoms with E-state index in [-0.39, 0.29) is 59.2 Å². The lowest BCUT2D eigenvalue weighted by molar-refractivity contribution is -0.334. The van der Waals surface area contributed by atoms with Crippen LogP contribution in [0.25, 0.3) is 22.3 Å². The van der Waals surface area contributed by atoms with E-state index in [4.69, 9.17) is 88.9 Å². The number of carboxylic acids is 2. The van der Waals surface area contributed by atoms with Gasteiger partial charge in [-0.05, 0) is 152 Å². The highest BCUT2D eigenvalue weighted by Crippen LogP contribution is 2.51. The van der Waals surface area contributed by atoms with E-state index in [1.165, 1.54) is 64.1 Å². The number of aromatic hydroxyl groups is 3. The van der Waals surface area contributed by atoms with Gasteiger partial charge in [0, 0.05) is 83.4 Å². The fourth-order valence-electron chi connectivity index (χ4n) is 17.3. The molecule has 702 valence electrons. The molecule has 7 aromatic rings. The van der Waals surface area contributed by atoms with Gasteiger partial charge in [0.1, 0.15) is 77.4 Å². The van der Waals surface area contributed by atoms with E-state index < -0.39 is 292 Å². The number of benzene rings is 7. The second-order valence-electron chi connectivity index (χ2n) is 34.7. The summed E-state index contributed by atoms with van der Waals surface area (Å²) in [5.74, 6) is -21.1. The maximum atomic E-state index is 16.7. The number of hydrogen-bond acceptors (Lipinski definition) is 29. The number of carboxylic acid groups (broad SMARTS) is 2. The van der Waals surface area contributed by atoms with Gasteiger partial charge < -0.3 is 137 Å². The number of nitrogens with one attached hydrogen (secondary N) is 5. The van der Waals surface area contributed by atoms with E-state index in [1.807, 2.05) is 38.1 Å². The summed E-state index contributed by atoms with van der Waals surface area (Å²) in [6.45, 7) is 9.78. The van der Waals surface area contributed by atoms with E-state index in [1.54, 1.807) is 31.2 Å². The molecule has 23 atom stereocenters. The van der Waals surface area contributed by atoms with Crippen molar-refractivity contribution in [1.82, 2.24) is 26.6 Å². The summed E-state index contributed by atoms with van der Waals surface area (Å²) < 4.78 is 58.8. The molecule has 8 aliphatic rings. The molecule has 5 amide bonds. The fraction of sp³-hybridized carbons (Fsp3) is 0.446. The van der Waals surface area contributed by atoms with Gasteiger partial charge in [0.25, 0.3) is 0 Å². The fourth-order valence-corrected chi connectivity index (χ4v) is 17.9. The minimum Gasteiger partial charge on any atom is -0.508 e. The molecule has 131 heavy (non-hydrogen) atoms. The van der Waals surface area contributed by atoms with Crippen molar-refractivity contribution in [1.29, 1.82) is 0 Å². The lowest BCUT2D eigenvalue weighted by Gasteiger charge is -2.48. The van der Waals surface area contributed by atoms with Crippen molar-refractivity contribution in [2.45, 2.75) is 227 Å². The minimum atomic E-state index is -2.30. The van der Waals surface area contributed by atoms with Gasteiger partial charge >= 0.3 is 11.9 Å². The van der Waals surface area contributed by atoms with Gasteiger partial charge in [0.2, 0.25) is 41.6 Å². The highest BCUT2D eigenvalue weighted by atomic mass is 35.5. The largest absolute Gasteiger partial charge is 0.508 e. The molecule has 8 heterocycles. The number of hydrogen-bond donors (Lipinski definition) is 18. The Morgan fingerprint density at radius 1 is 0.656 bits per heavy atom. The topological polar surface area (TPSA) is 571 Å². The molecular weight excluding hydrogens is 1770 g/mol. The number of amides is 5.